The van der Waals surface area contributed by atoms with Crippen LogP contribution in [0.3, 0.4) is 0 Å². The summed E-state index contributed by atoms with van der Waals surface area (Å²) in [6, 6.07) is 5.00. The lowest BCUT2D eigenvalue weighted by molar-refractivity contribution is -0.135. The molecule has 2 aliphatic rings. The Hall–Kier alpha value is -2.81. The van der Waals surface area contributed by atoms with Crippen molar-refractivity contribution in [2.75, 3.05) is 32.7 Å². The molecule has 3 aromatic rings. The van der Waals surface area contributed by atoms with Gasteiger partial charge in [0.05, 0.1) is 5.69 Å². The van der Waals surface area contributed by atoms with Crippen molar-refractivity contribution in [2.45, 2.75) is 39.5 Å². The number of fused-ring (bicyclic) bond motifs is 1. The summed E-state index contributed by atoms with van der Waals surface area (Å²) >= 11 is 0. The molecule has 2 saturated heterocycles. The number of nitrogens with zero attached hydrogens (tertiary/aromatic N) is 6. The monoisotopic (exact) mass is 440 g/mol. The highest BCUT2D eigenvalue weighted by molar-refractivity contribution is 5.84. The number of benzene rings is 1. The second-order valence-electron chi connectivity index (χ2n) is 9.48. The third-order valence-corrected chi connectivity index (χ3v) is 6.63. The molecule has 8 nitrogen and oxygen atoms in total. The molecule has 9 heteroatoms. The number of halogens is 1. The summed E-state index contributed by atoms with van der Waals surface area (Å²) in [5.74, 6) is 1.82. The van der Waals surface area contributed by atoms with Gasteiger partial charge in [-0.15, -0.1) is 0 Å². The van der Waals surface area contributed by atoms with Crippen LogP contribution in [-0.4, -0.2) is 68.4 Å². The molecule has 5 rings (SSSR count). The first-order valence-electron chi connectivity index (χ1n) is 11.4. The van der Waals surface area contributed by atoms with E-state index < -0.39 is 0 Å². The minimum absolute atomic E-state index is 0.148. The van der Waals surface area contributed by atoms with Crippen LogP contribution >= 0.6 is 0 Å². The quantitative estimate of drug-likeness (QED) is 0.586. The lowest BCUT2D eigenvalue weighted by atomic mass is 9.99. The Bertz CT molecular complexity index is 1130. The zero-order valence-electron chi connectivity index (χ0n) is 18.8. The molecule has 1 atom stereocenters. The van der Waals surface area contributed by atoms with Gasteiger partial charge in [-0.25, -0.2) is 4.39 Å². The second kappa shape index (κ2) is 8.27. The molecule has 4 heterocycles. The predicted octanol–water partition coefficient (Wildman–Crippen LogP) is 3.01. The van der Waals surface area contributed by atoms with Crippen molar-refractivity contribution < 1.29 is 13.7 Å². The number of likely N-dealkylation sites (tertiary alicyclic amines) is 2. The van der Waals surface area contributed by atoms with Crippen LogP contribution in [0, 0.1) is 17.7 Å². The highest BCUT2D eigenvalue weighted by Gasteiger charge is 2.33. The first-order chi connectivity index (χ1) is 15.4. The molecule has 2 aromatic heterocycles. The van der Waals surface area contributed by atoms with Gasteiger partial charge in [0.15, 0.2) is 0 Å². The van der Waals surface area contributed by atoms with Crippen LogP contribution in [-0.2, 0) is 11.2 Å². The van der Waals surface area contributed by atoms with Crippen LogP contribution in [0.4, 0.5) is 4.39 Å². The Morgan fingerprint density at radius 1 is 1.25 bits per heavy atom. The van der Waals surface area contributed by atoms with Gasteiger partial charge < -0.3 is 14.3 Å². The summed E-state index contributed by atoms with van der Waals surface area (Å²) in [4.78, 5) is 20.3. The number of carbonyl (C=O) groups is 1. The standard InChI is InChI=1S/C23H29FN6O2/c1-14(2)21-18-5-4-6-19(24)22(18)30(26-21)23-25-20(32-27-23)9-16-7-8-28(10-16)11-17-12-29(13-17)15(3)31/h4-6,14,16-17H,7-13H2,1-3H3/t16-/m0/s1. The third-order valence-electron chi connectivity index (χ3n) is 6.63. The molecule has 0 radical (unpaired) electrons. The summed E-state index contributed by atoms with van der Waals surface area (Å²) in [5.41, 5.74) is 1.20. The average Bonchev–Trinajstić information content (AvgIpc) is 3.43. The maximum atomic E-state index is 14.6. The van der Waals surface area contributed by atoms with E-state index in [9.17, 15) is 9.18 Å². The fourth-order valence-electron chi connectivity index (χ4n) is 4.93. The van der Waals surface area contributed by atoms with Gasteiger partial charge in [-0.2, -0.15) is 14.8 Å². The number of carbonyl (C=O) groups excluding carboxylic acids is 1. The van der Waals surface area contributed by atoms with E-state index in [1.165, 1.54) is 10.7 Å². The zero-order valence-corrected chi connectivity index (χ0v) is 18.8. The summed E-state index contributed by atoms with van der Waals surface area (Å²) in [6.07, 6.45) is 1.78. The Labute approximate surface area is 186 Å². The Balaban J connectivity index is 1.25. The molecule has 0 aliphatic carbocycles. The molecule has 0 spiro atoms. The topological polar surface area (TPSA) is 80.3 Å². The van der Waals surface area contributed by atoms with E-state index in [0.29, 0.717) is 29.7 Å². The SMILES string of the molecule is CC(=O)N1CC(CN2CC[C@@H](Cc3nc(-n4nc(C(C)C)c5cccc(F)c54)no3)C2)C1. The van der Waals surface area contributed by atoms with Gasteiger partial charge in [0.2, 0.25) is 11.8 Å². The molecule has 170 valence electrons. The summed E-state index contributed by atoms with van der Waals surface area (Å²) in [5, 5.41) is 9.48. The van der Waals surface area contributed by atoms with Crippen molar-refractivity contribution in [3.63, 3.8) is 0 Å². The summed E-state index contributed by atoms with van der Waals surface area (Å²) in [6.45, 7) is 10.5. The van der Waals surface area contributed by atoms with E-state index in [1.54, 1.807) is 13.0 Å². The Kier molecular flexibility index (Phi) is 5.44. The fraction of sp³-hybridized carbons (Fsp3) is 0.565. The highest BCUT2D eigenvalue weighted by Crippen LogP contribution is 2.29. The van der Waals surface area contributed by atoms with E-state index in [0.717, 1.165) is 50.2 Å². The van der Waals surface area contributed by atoms with Crippen LogP contribution in [0.2, 0.25) is 0 Å². The number of amides is 1. The van der Waals surface area contributed by atoms with Gasteiger partial charge in [0.25, 0.3) is 5.95 Å². The van der Waals surface area contributed by atoms with Gasteiger partial charge in [-0.3, -0.25) is 4.79 Å². The third kappa shape index (κ3) is 3.90. The normalized spacial score (nSPS) is 19.9. The fourth-order valence-corrected chi connectivity index (χ4v) is 4.93. The molecule has 0 bridgehead atoms. The predicted molar refractivity (Wildman–Crippen MR) is 117 cm³/mol. The molecule has 1 aromatic carbocycles. The van der Waals surface area contributed by atoms with Crippen molar-refractivity contribution >= 4 is 16.8 Å². The molecule has 2 aliphatic heterocycles. The Morgan fingerprint density at radius 2 is 2.06 bits per heavy atom. The number of aromatic nitrogens is 4. The van der Waals surface area contributed by atoms with Crippen LogP contribution in [0.25, 0.3) is 16.9 Å². The van der Waals surface area contributed by atoms with Crippen LogP contribution in [0.1, 0.15) is 44.7 Å². The minimum Gasteiger partial charge on any atom is -0.342 e. The number of rotatable bonds is 6. The van der Waals surface area contributed by atoms with E-state index in [-0.39, 0.29) is 23.6 Å². The second-order valence-corrected chi connectivity index (χ2v) is 9.48. The number of para-hydroxylation sites is 1. The lowest BCUT2D eigenvalue weighted by Gasteiger charge is -2.40. The largest absolute Gasteiger partial charge is 0.342 e. The molecule has 32 heavy (non-hydrogen) atoms. The lowest BCUT2D eigenvalue weighted by Crippen LogP contribution is -2.52. The summed E-state index contributed by atoms with van der Waals surface area (Å²) in [7, 11) is 0. The van der Waals surface area contributed by atoms with Crippen molar-refractivity contribution in [3.8, 4) is 5.95 Å². The van der Waals surface area contributed by atoms with E-state index in [1.807, 2.05) is 24.8 Å². The molecule has 2 fully saturated rings. The van der Waals surface area contributed by atoms with Crippen LogP contribution < -0.4 is 0 Å². The van der Waals surface area contributed by atoms with Gasteiger partial charge in [-0.1, -0.05) is 26.0 Å². The van der Waals surface area contributed by atoms with Gasteiger partial charge in [0, 0.05) is 50.8 Å². The molecule has 0 N–H and O–H groups in total. The molecule has 1 amide bonds. The van der Waals surface area contributed by atoms with E-state index in [2.05, 4.69) is 20.1 Å². The molecular weight excluding hydrogens is 411 g/mol. The number of hydrogen-bond donors (Lipinski definition) is 0. The van der Waals surface area contributed by atoms with Gasteiger partial charge >= 0.3 is 0 Å². The van der Waals surface area contributed by atoms with Crippen molar-refractivity contribution in [1.82, 2.24) is 29.7 Å². The Morgan fingerprint density at radius 3 is 2.81 bits per heavy atom. The van der Waals surface area contributed by atoms with Crippen molar-refractivity contribution in [2.24, 2.45) is 11.8 Å². The smallest absolute Gasteiger partial charge is 0.291 e. The average molecular weight is 441 g/mol. The van der Waals surface area contributed by atoms with Gasteiger partial charge in [-0.05, 0) is 36.0 Å². The molecule has 0 saturated carbocycles. The first-order valence-corrected chi connectivity index (χ1v) is 11.4. The molecular formula is C23H29FN6O2. The summed E-state index contributed by atoms with van der Waals surface area (Å²) < 4.78 is 21.6. The van der Waals surface area contributed by atoms with E-state index >= 15 is 0 Å². The van der Waals surface area contributed by atoms with Crippen molar-refractivity contribution in [3.05, 3.63) is 35.6 Å². The van der Waals surface area contributed by atoms with E-state index in [4.69, 9.17) is 4.52 Å². The van der Waals surface area contributed by atoms with Crippen molar-refractivity contribution in [1.29, 1.82) is 0 Å². The minimum atomic E-state index is -0.348. The first kappa shape index (κ1) is 21.1. The maximum Gasteiger partial charge on any atom is 0.291 e. The highest BCUT2D eigenvalue weighted by atomic mass is 19.1. The molecule has 0 unspecified atom stereocenters. The van der Waals surface area contributed by atoms with Gasteiger partial charge in [0.1, 0.15) is 11.3 Å². The maximum absolute atomic E-state index is 14.6. The number of hydrogen-bond acceptors (Lipinski definition) is 6. The zero-order chi connectivity index (χ0) is 22.4. The van der Waals surface area contributed by atoms with Crippen LogP contribution in [0.5, 0.6) is 0 Å². The van der Waals surface area contributed by atoms with Crippen LogP contribution in [0.15, 0.2) is 22.7 Å².